The smallest absolute Gasteiger partial charge is 0.411 e. The van der Waals surface area contributed by atoms with Crippen LogP contribution in [0.3, 0.4) is 0 Å². The summed E-state index contributed by atoms with van der Waals surface area (Å²) in [5.74, 6) is -2.18. The Morgan fingerprint density at radius 1 is 1.20 bits per heavy atom. The Labute approximate surface area is 240 Å². The molecule has 0 unspecified atom stereocenters. The number of nitrogens with one attached hydrogen (secondary N) is 2. The molecule has 41 heavy (non-hydrogen) atoms. The Kier molecular flexibility index (Phi) is 8.25. The van der Waals surface area contributed by atoms with Crippen LogP contribution in [-0.2, 0) is 25.5 Å². The molecule has 2 aromatic carbocycles. The maximum Gasteiger partial charge on any atom is 0.411 e. The fourth-order valence-electron chi connectivity index (χ4n) is 5.29. The molecule has 1 fully saturated rings. The Morgan fingerprint density at radius 3 is 2.76 bits per heavy atom. The van der Waals surface area contributed by atoms with E-state index in [0.29, 0.717) is 47.6 Å². The number of methoxy groups -OCH3 is 1. The summed E-state index contributed by atoms with van der Waals surface area (Å²) in [5.41, 5.74) is 2.08. The van der Waals surface area contributed by atoms with Gasteiger partial charge in [0.2, 0.25) is 5.91 Å². The van der Waals surface area contributed by atoms with E-state index in [9.17, 15) is 23.2 Å². The summed E-state index contributed by atoms with van der Waals surface area (Å²) in [5, 5.41) is 2.73. The predicted octanol–water partition coefficient (Wildman–Crippen LogP) is 6.11. The van der Waals surface area contributed by atoms with Crippen LogP contribution in [0.1, 0.15) is 61.7 Å². The number of H-pyrrole nitrogens is 1. The number of esters is 1. The quantitative estimate of drug-likeness (QED) is 0.282. The number of hydrogen-bond donors (Lipinski definition) is 2. The van der Waals surface area contributed by atoms with E-state index < -0.39 is 35.8 Å². The minimum Gasteiger partial charge on any atom is -0.469 e. The molecule has 0 spiro atoms. The van der Waals surface area contributed by atoms with Crippen molar-refractivity contribution in [2.24, 2.45) is 5.92 Å². The maximum atomic E-state index is 14.6. The van der Waals surface area contributed by atoms with Crippen LogP contribution in [0.15, 0.2) is 36.5 Å². The van der Waals surface area contributed by atoms with Crippen LogP contribution in [0, 0.1) is 17.6 Å². The molecule has 9 nitrogen and oxygen atoms in total. The van der Waals surface area contributed by atoms with Crippen molar-refractivity contribution in [1.29, 1.82) is 0 Å². The van der Waals surface area contributed by atoms with Crippen molar-refractivity contribution in [3.8, 4) is 11.3 Å². The van der Waals surface area contributed by atoms with Gasteiger partial charge < -0.3 is 19.8 Å². The van der Waals surface area contributed by atoms with Gasteiger partial charge in [-0.2, -0.15) is 0 Å². The monoisotopic (exact) mass is 586 g/mol. The predicted molar refractivity (Wildman–Crippen MR) is 146 cm³/mol. The van der Waals surface area contributed by atoms with Crippen molar-refractivity contribution in [2.75, 3.05) is 19.0 Å². The van der Waals surface area contributed by atoms with E-state index in [-0.39, 0.29) is 41.8 Å². The normalized spacial score (nSPS) is 21.2. The van der Waals surface area contributed by atoms with E-state index in [2.05, 4.69) is 15.3 Å². The van der Waals surface area contributed by atoms with Gasteiger partial charge in [-0.25, -0.2) is 18.6 Å². The zero-order chi connectivity index (χ0) is 29.3. The number of aromatic nitrogens is 2. The number of rotatable bonds is 4. The van der Waals surface area contributed by atoms with Crippen LogP contribution in [0.5, 0.6) is 0 Å². The number of ether oxygens (including phenoxy) is 2. The highest BCUT2D eigenvalue weighted by molar-refractivity contribution is 6.30. The standard InChI is InChI=1S/C29H29ClF2N4O5/c1-15-4-3-5-22(36-11-10-23(41-29(36)39)25-19(31)9-8-18(30)26(25)32)27-33-14-21(34-27)17-7-6-16(13-24(37)40-2)12-20(17)35-28(15)38/h6-9,12,14-15,22-23H,3-5,10-11,13H2,1-2H3,(H,33,34)(H,35,38)/t15-,22+,23-/m1/s1. The zero-order valence-electron chi connectivity index (χ0n) is 22.5. The van der Waals surface area contributed by atoms with Gasteiger partial charge in [0, 0.05) is 24.4 Å². The number of carbonyl (C=O) groups excluding carboxylic acids is 3. The molecular weight excluding hydrogens is 558 g/mol. The van der Waals surface area contributed by atoms with E-state index in [0.717, 1.165) is 12.1 Å². The van der Waals surface area contributed by atoms with Gasteiger partial charge in [0.15, 0.2) is 5.82 Å². The maximum absolute atomic E-state index is 14.6. The van der Waals surface area contributed by atoms with E-state index in [4.69, 9.17) is 21.1 Å². The van der Waals surface area contributed by atoms with Crippen molar-refractivity contribution in [2.45, 2.75) is 51.2 Å². The number of imidazole rings is 1. The summed E-state index contributed by atoms with van der Waals surface area (Å²) in [7, 11) is 1.31. The van der Waals surface area contributed by atoms with Gasteiger partial charge >= 0.3 is 12.1 Å². The van der Waals surface area contributed by atoms with Gasteiger partial charge in [0.05, 0.1) is 47.7 Å². The first kappa shape index (κ1) is 28.5. The van der Waals surface area contributed by atoms with Crippen LogP contribution >= 0.6 is 11.6 Å². The average Bonchev–Trinajstić information content (AvgIpc) is 3.43. The number of cyclic esters (lactones) is 1. The number of nitrogens with zero attached hydrogens (tertiary/aromatic N) is 2. The molecular formula is C29H29ClF2N4O5. The Hall–Kier alpha value is -3.99. The third-order valence-corrected chi connectivity index (χ3v) is 7.86. The minimum atomic E-state index is -1.12. The molecule has 1 aromatic heterocycles. The lowest BCUT2D eigenvalue weighted by Gasteiger charge is -2.36. The van der Waals surface area contributed by atoms with Crippen molar-refractivity contribution in [1.82, 2.24) is 14.9 Å². The summed E-state index contributed by atoms with van der Waals surface area (Å²) in [4.78, 5) is 47.4. The summed E-state index contributed by atoms with van der Waals surface area (Å²) in [6.45, 7) is 1.99. The van der Waals surface area contributed by atoms with E-state index in [1.54, 1.807) is 24.4 Å². The number of aromatic amines is 1. The Bertz CT molecular complexity index is 1500. The van der Waals surface area contributed by atoms with Crippen molar-refractivity contribution in [3.63, 3.8) is 0 Å². The number of benzene rings is 2. The highest BCUT2D eigenvalue weighted by Gasteiger charge is 2.37. The molecule has 2 bridgehead atoms. The second kappa shape index (κ2) is 11.9. The highest BCUT2D eigenvalue weighted by atomic mass is 35.5. The molecule has 2 N–H and O–H groups in total. The second-order valence-electron chi connectivity index (χ2n) is 10.3. The molecule has 2 amide bonds. The van der Waals surface area contributed by atoms with Crippen LogP contribution < -0.4 is 5.32 Å². The summed E-state index contributed by atoms with van der Waals surface area (Å²) in [6, 6.07) is 6.92. The van der Waals surface area contributed by atoms with Crippen molar-refractivity contribution < 1.29 is 32.6 Å². The largest absolute Gasteiger partial charge is 0.469 e. The van der Waals surface area contributed by atoms with Crippen LogP contribution in [0.25, 0.3) is 11.3 Å². The molecule has 12 heteroatoms. The van der Waals surface area contributed by atoms with Gasteiger partial charge in [0.25, 0.3) is 0 Å². The topological polar surface area (TPSA) is 114 Å². The van der Waals surface area contributed by atoms with Crippen LogP contribution in [0.4, 0.5) is 19.3 Å². The molecule has 2 aliphatic heterocycles. The molecule has 2 aliphatic rings. The molecule has 0 saturated carbocycles. The lowest BCUT2D eigenvalue weighted by atomic mass is 9.97. The van der Waals surface area contributed by atoms with Gasteiger partial charge in [-0.3, -0.25) is 14.5 Å². The van der Waals surface area contributed by atoms with Crippen LogP contribution in [0.2, 0.25) is 5.02 Å². The molecule has 3 atom stereocenters. The molecule has 3 aromatic rings. The van der Waals surface area contributed by atoms with E-state index in [1.807, 2.05) is 6.92 Å². The first-order valence-electron chi connectivity index (χ1n) is 13.3. The third kappa shape index (κ3) is 5.90. The minimum absolute atomic E-state index is 0.0482. The fourth-order valence-corrected chi connectivity index (χ4v) is 5.45. The van der Waals surface area contributed by atoms with E-state index >= 15 is 0 Å². The second-order valence-corrected chi connectivity index (χ2v) is 10.7. The Balaban J connectivity index is 1.45. The summed E-state index contributed by atoms with van der Waals surface area (Å²) >= 11 is 5.85. The van der Waals surface area contributed by atoms with Gasteiger partial charge in [-0.1, -0.05) is 37.1 Å². The SMILES string of the molecule is COC(=O)Cc1ccc2c(c1)NC(=O)[C@H](C)CCC[C@H](N1CC[C@H](c3c(F)ccc(Cl)c3F)OC1=O)c1ncc-2[nH]1. The summed E-state index contributed by atoms with van der Waals surface area (Å²) < 4.78 is 39.4. The molecule has 0 aliphatic carbocycles. The number of hydrogen-bond acceptors (Lipinski definition) is 6. The average molecular weight is 587 g/mol. The van der Waals surface area contributed by atoms with Crippen LogP contribution in [-0.4, -0.2) is 46.5 Å². The third-order valence-electron chi connectivity index (χ3n) is 7.57. The lowest BCUT2D eigenvalue weighted by molar-refractivity contribution is -0.139. The molecule has 216 valence electrons. The lowest BCUT2D eigenvalue weighted by Crippen LogP contribution is -2.42. The number of carbonyl (C=O) groups is 3. The first-order valence-corrected chi connectivity index (χ1v) is 13.7. The van der Waals surface area contributed by atoms with Gasteiger partial charge in [-0.05, 0) is 36.6 Å². The number of halogens is 3. The van der Waals surface area contributed by atoms with E-state index in [1.165, 1.54) is 12.0 Å². The molecule has 1 saturated heterocycles. The zero-order valence-corrected chi connectivity index (χ0v) is 23.3. The van der Waals surface area contributed by atoms with Crippen molar-refractivity contribution in [3.05, 3.63) is 70.1 Å². The molecule has 3 heterocycles. The number of anilines is 1. The van der Waals surface area contributed by atoms with Gasteiger partial charge in [0.1, 0.15) is 17.7 Å². The van der Waals surface area contributed by atoms with Gasteiger partial charge in [-0.15, -0.1) is 0 Å². The first-order chi connectivity index (χ1) is 19.7. The number of amides is 2. The molecule has 0 radical (unpaired) electrons. The fraction of sp³-hybridized carbons (Fsp3) is 0.379. The van der Waals surface area contributed by atoms with Crippen molar-refractivity contribution >= 4 is 35.3 Å². The number of fused-ring (bicyclic) bond motifs is 4. The molecule has 5 rings (SSSR count). The highest BCUT2D eigenvalue weighted by Crippen LogP contribution is 2.38. The summed E-state index contributed by atoms with van der Waals surface area (Å²) in [6.07, 6.45) is 1.58. The Morgan fingerprint density at radius 2 is 2.00 bits per heavy atom.